The topological polar surface area (TPSA) is 30.7 Å². The van der Waals surface area contributed by atoms with Crippen molar-refractivity contribution < 1.29 is 0 Å². The largest absolute Gasteiger partial charge is 0.333 e. The Morgan fingerprint density at radius 2 is 1.72 bits per heavy atom. The molecule has 0 unspecified atom stereocenters. The van der Waals surface area contributed by atoms with Crippen LogP contribution < -0.4 is 0 Å². The molecule has 1 aliphatic carbocycles. The molecule has 148 valence electrons. The number of hydrogen-bond acceptors (Lipinski definition) is 2. The summed E-state index contributed by atoms with van der Waals surface area (Å²) in [6.07, 6.45) is 12.2. The summed E-state index contributed by atoms with van der Waals surface area (Å²) in [5.74, 6) is 0. The lowest BCUT2D eigenvalue weighted by Gasteiger charge is -2.37. The fourth-order valence-electron chi connectivity index (χ4n) is 4.12. The number of hydrogen-bond donors (Lipinski definition) is 0. The molecule has 0 spiro atoms. The van der Waals surface area contributed by atoms with Gasteiger partial charge in [-0.25, -0.2) is 4.98 Å². The molecule has 0 radical (unpaired) electrons. The highest BCUT2D eigenvalue weighted by molar-refractivity contribution is 5.79. The SMILES string of the molecule is C=C(c1ccc(Cn2ccnc2)cn1)c1cc2c(cc1C)C(C)(C)C=CC2(C)C. The first-order chi connectivity index (χ1) is 13.7. The third-order valence-corrected chi connectivity index (χ3v) is 6.05. The van der Waals surface area contributed by atoms with Crippen molar-refractivity contribution in [2.24, 2.45) is 0 Å². The van der Waals surface area contributed by atoms with Gasteiger partial charge in [-0.1, -0.05) is 58.6 Å². The Bertz CT molecular complexity index is 1080. The molecule has 0 fully saturated rings. The van der Waals surface area contributed by atoms with E-state index in [4.69, 9.17) is 4.98 Å². The van der Waals surface area contributed by atoms with Gasteiger partial charge in [-0.2, -0.15) is 0 Å². The predicted octanol–water partition coefficient (Wildman–Crippen LogP) is 5.82. The first kappa shape index (κ1) is 19.4. The average Bonchev–Trinajstić information content (AvgIpc) is 3.18. The van der Waals surface area contributed by atoms with Gasteiger partial charge in [0.1, 0.15) is 0 Å². The van der Waals surface area contributed by atoms with Crippen molar-refractivity contribution in [1.29, 1.82) is 0 Å². The van der Waals surface area contributed by atoms with E-state index in [0.29, 0.717) is 0 Å². The number of benzene rings is 1. The summed E-state index contributed by atoms with van der Waals surface area (Å²) in [5, 5.41) is 0. The zero-order chi connectivity index (χ0) is 20.8. The molecule has 0 atom stereocenters. The first-order valence-corrected chi connectivity index (χ1v) is 10.1. The van der Waals surface area contributed by atoms with E-state index < -0.39 is 0 Å². The van der Waals surface area contributed by atoms with Crippen molar-refractivity contribution in [2.75, 3.05) is 0 Å². The van der Waals surface area contributed by atoms with Crippen molar-refractivity contribution in [2.45, 2.75) is 52.0 Å². The monoisotopic (exact) mass is 383 g/mol. The molecule has 0 saturated heterocycles. The van der Waals surface area contributed by atoms with Crippen molar-refractivity contribution in [3.63, 3.8) is 0 Å². The van der Waals surface area contributed by atoms with Crippen LogP contribution >= 0.6 is 0 Å². The van der Waals surface area contributed by atoms with Gasteiger partial charge in [0.15, 0.2) is 0 Å². The van der Waals surface area contributed by atoms with E-state index in [1.807, 2.05) is 23.3 Å². The molecule has 0 aliphatic heterocycles. The van der Waals surface area contributed by atoms with Gasteiger partial charge in [-0.05, 0) is 46.9 Å². The molecule has 0 N–H and O–H groups in total. The van der Waals surface area contributed by atoms with Crippen LogP contribution in [0, 0.1) is 6.92 Å². The van der Waals surface area contributed by atoms with E-state index >= 15 is 0 Å². The van der Waals surface area contributed by atoms with Crippen LogP contribution in [0.25, 0.3) is 5.57 Å². The fourth-order valence-corrected chi connectivity index (χ4v) is 4.12. The number of pyridine rings is 1. The van der Waals surface area contributed by atoms with Gasteiger partial charge in [0.05, 0.1) is 12.0 Å². The van der Waals surface area contributed by atoms with Crippen LogP contribution in [-0.4, -0.2) is 14.5 Å². The van der Waals surface area contributed by atoms with Crippen molar-refractivity contribution in [3.8, 4) is 0 Å². The van der Waals surface area contributed by atoms with E-state index in [9.17, 15) is 0 Å². The highest BCUT2D eigenvalue weighted by Gasteiger charge is 2.33. The van der Waals surface area contributed by atoms with Crippen LogP contribution in [0.4, 0.5) is 0 Å². The van der Waals surface area contributed by atoms with E-state index in [1.165, 1.54) is 22.3 Å². The maximum atomic E-state index is 4.71. The minimum Gasteiger partial charge on any atom is -0.333 e. The third kappa shape index (κ3) is 3.57. The number of imidazole rings is 1. The van der Waals surface area contributed by atoms with Gasteiger partial charge in [-0.15, -0.1) is 0 Å². The van der Waals surface area contributed by atoms with Gasteiger partial charge < -0.3 is 4.57 Å². The van der Waals surface area contributed by atoms with Gasteiger partial charge >= 0.3 is 0 Å². The van der Waals surface area contributed by atoms with Crippen LogP contribution in [0.1, 0.15) is 61.2 Å². The Morgan fingerprint density at radius 3 is 2.31 bits per heavy atom. The molecule has 3 heteroatoms. The molecule has 2 aromatic heterocycles. The lowest BCUT2D eigenvalue weighted by atomic mass is 9.67. The molecule has 0 bridgehead atoms. The summed E-state index contributed by atoms with van der Waals surface area (Å²) in [5.41, 5.74) is 8.31. The van der Waals surface area contributed by atoms with Gasteiger partial charge in [0, 0.05) is 41.5 Å². The zero-order valence-corrected chi connectivity index (χ0v) is 18.0. The second kappa shape index (κ2) is 6.84. The number of fused-ring (bicyclic) bond motifs is 1. The molecule has 3 aromatic rings. The predicted molar refractivity (Wildman–Crippen MR) is 120 cm³/mol. The highest BCUT2D eigenvalue weighted by atomic mass is 15.0. The number of rotatable bonds is 4. The van der Waals surface area contributed by atoms with E-state index in [2.05, 4.69) is 82.6 Å². The number of aryl methyl sites for hydroxylation is 1. The number of nitrogens with zero attached hydrogens (tertiary/aromatic N) is 3. The highest BCUT2D eigenvalue weighted by Crippen LogP contribution is 2.43. The normalized spacial score (nSPS) is 16.4. The maximum Gasteiger partial charge on any atom is 0.0949 e. The minimum absolute atomic E-state index is 0.00959. The molecule has 0 amide bonds. The second-order valence-corrected chi connectivity index (χ2v) is 9.25. The quantitative estimate of drug-likeness (QED) is 0.531. The molecular formula is C26H29N3. The second-order valence-electron chi connectivity index (χ2n) is 9.25. The summed E-state index contributed by atoms with van der Waals surface area (Å²) in [6.45, 7) is 16.5. The Balaban J connectivity index is 1.68. The zero-order valence-electron chi connectivity index (χ0n) is 18.0. The molecule has 2 heterocycles. The van der Waals surface area contributed by atoms with Crippen LogP contribution in [0.3, 0.4) is 0 Å². The molecule has 1 aliphatic rings. The van der Waals surface area contributed by atoms with Gasteiger partial charge in [-0.3, -0.25) is 4.98 Å². The van der Waals surface area contributed by atoms with Crippen LogP contribution in [0.5, 0.6) is 0 Å². The molecule has 0 saturated carbocycles. The number of aromatic nitrogens is 3. The van der Waals surface area contributed by atoms with E-state index in [-0.39, 0.29) is 10.8 Å². The Labute approximate surface area is 173 Å². The first-order valence-electron chi connectivity index (χ1n) is 10.1. The maximum absolute atomic E-state index is 4.71. The van der Waals surface area contributed by atoms with Crippen molar-refractivity contribution in [1.82, 2.24) is 14.5 Å². The molecule has 29 heavy (non-hydrogen) atoms. The number of allylic oxidation sites excluding steroid dienone is 2. The summed E-state index contributed by atoms with van der Waals surface area (Å²) in [4.78, 5) is 8.80. The lowest BCUT2D eigenvalue weighted by molar-refractivity contribution is 0.562. The third-order valence-electron chi connectivity index (χ3n) is 6.05. The molecule has 1 aromatic carbocycles. The average molecular weight is 384 g/mol. The standard InChI is InChI=1S/C26H29N3/c1-18-13-22-23(26(5,6)10-9-25(22,3)4)14-21(18)19(2)24-8-7-20(15-28-24)16-29-12-11-27-17-29/h7-15,17H,2,16H2,1,3-6H3. The van der Waals surface area contributed by atoms with Crippen LogP contribution in [-0.2, 0) is 17.4 Å². The van der Waals surface area contributed by atoms with Gasteiger partial charge in [0.25, 0.3) is 0 Å². The molecule has 3 nitrogen and oxygen atoms in total. The molecular weight excluding hydrogens is 354 g/mol. The summed E-state index contributed by atoms with van der Waals surface area (Å²) < 4.78 is 2.04. The van der Waals surface area contributed by atoms with Crippen molar-refractivity contribution in [3.05, 3.63) is 101 Å². The van der Waals surface area contributed by atoms with Crippen LogP contribution in [0.15, 0.2) is 67.9 Å². The van der Waals surface area contributed by atoms with E-state index in [1.54, 1.807) is 6.20 Å². The van der Waals surface area contributed by atoms with Gasteiger partial charge in [0.2, 0.25) is 0 Å². The smallest absolute Gasteiger partial charge is 0.0949 e. The lowest BCUT2D eigenvalue weighted by Crippen LogP contribution is -2.29. The Kier molecular flexibility index (Phi) is 4.57. The summed E-state index contributed by atoms with van der Waals surface area (Å²) >= 11 is 0. The fraction of sp³-hybridized carbons (Fsp3) is 0.308. The Morgan fingerprint density at radius 1 is 1.03 bits per heavy atom. The Hall–Kier alpha value is -2.94. The molecule has 4 rings (SSSR count). The van der Waals surface area contributed by atoms with Crippen molar-refractivity contribution >= 4 is 5.57 Å². The van der Waals surface area contributed by atoms with E-state index in [0.717, 1.165) is 23.4 Å². The summed E-state index contributed by atoms with van der Waals surface area (Å²) in [7, 11) is 0. The summed E-state index contributed by atoms with van der Waals surface area (Å²) in [6, 6.07) is 8.87. The van der Waals surface area contributed by atoms with Crippen LogP contribution in [0.2, 0.25) is 0 Å². The minimum atomic E-state index is 0.00959.